The Kier molecular flexibility index (Phi) is 16.1. The Morgan fingerprint density at radius 3 is 2.48 bits per heavy atom. The average Bonchev–Trinajstić information content (AvgIpc) is 3.61. The van der Waals surface area contributed by atoms with Crippen molar-refractivity contribution >= 4 is 39.2 Å². The largest absolute Gasteiger partial charge is 0.494 e. The number of rotatable bonds is 22. The monoisotopic (exact) mass is 753 g/mol. The topological polar surface area (TPSA) is 119 Å². The van der Waals surface area contributed by atoms with Crippen LogP contribution in [-0.2, 0) is 9.53 Å². The van der Waals surface area contributed by atoms with E-state index in [1.54, 1.807) is 30.3 Å². The first-order chi connectivity index (χ1) is 26.4. The number of carboxylic acids is 1. The van der Waals surface area contributed by atoms with Crippen LogP contribution in [0.1, 0.15) is 112 Å². The quantitative estimate of drug-likeness (QED) is 0.0203. The molecule has 10 heteroatoms. The van der Waals surface area contributed by atoms with Crippen molar-refractivity contribution in [2.45, 2.75) is 90.9 Å². The van der Waals surface area contributed by atoms with Gasteiger partial charge in [-0.2, -0.15) is 5.10 Å². The summed E-state index contributed by atoms with van der Waals surface area (Å²) in [5, 5.41) is 15.9. The van der Waals surface area contributed by atoms with Crippen LogP contribution in [0.25, 0.3) is 21.3 Å². The summed E-state index contributed by atoms with van der Waals surface area (Å²) in [6, 6.07) is 18.4. The van der Waals surface area contributed by atoms with Crippen molar-refractivity contribution in [3.05, 3.63) is 89.5 Å². The number of hydrogen-bond acceptors (Lipinski definition) is 9. The number of esters is 1. The summed E-state index contributed by atoms with van der Waals surface area (Å²) < 4.78 is 18.8. The van der Waals surface area contributed by atoms with Crippen LogP contribution >= 0.6 is 11.3 Å². The molecule has 0 radical (unpaired) electrons. The molecule has 0 amide bonds. The summed E-state index contributed by atoms with van der Waals surface area (Å²) in [6.07, 6.45) is 13.6. The third kappa shape index (κ3) is 11.7. The lowest BCUT2D eigenvalue weighted by Crippen LogP contribution is -2.25. The maximum absolute atomic E-state index is 13.7. The Morgan fingerprint density at radius 1 is 0.944 bits per heavy atom. The van der Waals surface area contributed by atoms with Crippen molar-refractivity contribution in [3.63, 3.8) is 0 Å². The molecular formula is C44H55N3O6S. The second-order valence-corrected chi connectivity index (χ2v) is 15.2. The number of unbranched alkanes of at least 4 members (excludes halogenated alkanes) is 6. The Morgan fingerprint density at radius 2 is 1.72 bits per heavy atom. The van der Waals surface area contributed by atoms with Crippen LogP contribution < -0.4 is 14.9 Å². The van der Waals surface area contributed by atoms with Gasteiger partial charge in [-0.05, 0) is 111 Å². The molecule has 2 N–H and O–H groups in total. The standard InChI is InChI=1S/C44H55N3O6S/c1-4-6-7-12-25-45-47-41(42-46-38-15-10-11-16-40(38)54-42)37-29-33(21-24-39(37)53-44(50)32-19-17-31(3)18-20-32)36-30-34(22-23-35(36)43(48)49)52-28-14-9-8-13-27-51-26-5-2/h5,10-11,15-16,21-24,29-32,45H,2,4,6-9,12-14,17-20,25-28H2,1,3H3,(H,48,49). The molecule has 1 saturated carbocycles. The van der Waals surface area contributed by atoms with Gasteiger partial charge in [-0.25, -0.2) is 9.78 Å². The predicted molar refractivity (Wildman–Crippen MR) is 218 cm³/mol. The zero-order chi connectivity index (χ0) is 38.1. The Balaban J connectivity index is 1.49. The lowest BCUT2D eigenvalue weighted by Gasteiger charge is -2.25. The maximum Gasteiger partial charge on any atom is 0.336 e. The van der Waals surface area contributed by atoms with E-state index in [9.17, 15) is 14.7 Å². The fourth-order valence-electron chi connectivity index (χ4n) is 6.68. The SMILES string of the molecule is C=CCOCCCCCCOc1ccc(C(=O)O)c(-c2ccc(OC(=O)C3CCC(C)CC3)c(C(=NNCCCCCC)c3nc4ccccc4s3)c2)c1. The van der Waals surface area contributed by atoms with E-state index < -0.39 is 5.97 Å². The number of para-hydroxylation sites is 1. The molecule has 1 aromatic heterocycles. The number of aromatic nitrogens is 1. The summed E-state index contributed by atoms with van der Waals surface area (Å²) in [6.45, 7) is 10.6. The highest BCUT2D eigenvalue weighted by atomic mass is 32.1. The molecule has 54 heavy (non-hydrogen) atoms. The average molecular weight is 754 g/mol. The van der Waals surface area contributed by atoms with E-state index in [4.69, 9.17) is 24.3 Å². The molecule has 0 atom stereocenters. The molecule has 9 nitrogen and oxygen atoms in total. The van der Waals surface area contributed by atoms with Crippen molar-refractivity contribution in [1.29, 1.82) is 0 Å². The van der Waals surface area contributed by atoms with Crippen molar-refractivity contribution in [1.82, 2.24) is 10.4 Å². The third-order valence-electron chi connectivity index (χ3n) is 9.84. The molecule has 1 aliphatic carbocycles. The Bertz CT molecular complexity index is 1830. The zero-order valence-electron chi connectivity index (χ0n) is 31.8. The van der Waals surface area contributed by atoms with Crippen molar-refractivity contribution < 1.29 is 28.9 Å². The molecule has 1 heterocycles. The van der Waals surface area contributed by atoms with E-state index in [1.807, 2.05) is 36.4 Å². The highest BCUT2D eigenvalue weighted by Crippen LogP contribution is 2.36. The number of fused-ring (bicyclic) bond motifs is 1. The third-order valence-corrected chi connectivity index (χ3v) is 10.9. The van der Waals surface area contributed by atoms with Crippen LogP contribution in [0.2, 0.25) is 0 Å². The van der Waals surface area contributed by atoms with Crippen LogP contribution in [0.5, 0.6) is 11.5 Å². The molecule has 1 fully saturated rings. The van der Waals surface area contributed by atoms with E-state index in [2.05, 4.69) is 25.9 Å². The number of hydrazone groups is 1. The van der Waals surface area contributed by atoms with Gasteiger partial charge >= 0.3 is 11.9 Å². The summed E-state index contributed by atoms with van der Waals surface area (Å²) in [4.78, 5) is 31.2. The van der Waals surface area contributed by atoms with Gasteiger partial charge in [0, 0.05) is 18.7 Å². The predicted octanol–water partition coefficient (Wildman–Crippen LogP) is 10.5. The molecule has 4 aromatic rings. The van der Waals surface area contributed by atoms with Gasteiger partial charge < -0.3 is 24.7 Å². The molecule has 1 aliphatic rings. The molecular weight excluding hydrogens is 699 g/mol. The van der Waals surface area contributed by atoms with E-state index >= 15 is 0 Å². The molecule has 3 aromatic carbocycles. The Labute approximate surface area is 323 Å². The fraction of sp³-hybridized carbons (Fsp3) is 0.455. The first-order valence-electron chi connectivity index (χ1n) is 19.6. The number of nitrogens with zero attached hydrogens (tertiary/aromatic N) is 2. The van der Waals surface area contributed by atoms with Crippen LogP contribution in [0.15, 0.2) is 78.4 Å². The van der Waals surface area contributed by atoms with Crippen LogP contribution in [0.4, 0.5) is 0 Å². The molecule has 0 bridgehead atoms. The zero-order valence-corrected chi connectivity index (χ0v) is 32.6. The summed E-state index contributed by atoms with van der Waals surface area (Å²) in [5.74, 6) is 0.0756. The van der Waals surface area contributed by atoms with Crippen LogP contribution in [0, 0.1) is 11.8 Å². The van der Waals surface area contributed by atoms with Crippen molar-refractivity contribution in [2.24, 2.45) is 16.9 Å². The number of nitrogens with one attached hydrogen (secondary N) is 1. The highest BCUT2D eigenvalue weighted by Gasteiger charge is 2.28. The van der Waals surface area contributed by atoms with Crippen LogP contribution in [0.3, 0.4) is 0 Å². The lowest BCUT2D eigenvalue weighted by atomic mass is 9.83. The molecule has 288 valence electrons. The minimum Gasteiger partial charge on any atom is -0.494 e. The fourth-order valence-corrected chi connectivity index (χ4v) is 7.65. The van der Waals surface area contributed by atoms with E-state index in [-0.39, 0.29) is 17.5 Å². The minimum absolute atomic E-state index is 0.140. The number of carbonyl (C=O) groups is 2. The number of ether oxygens (including phenoxy) is 3. The smallest absolute Gasteiger partial charge is 0.336 e. The second kappa shape index (κ2) is 21.4. The number of carboxylic acid groups (broad SMARTS) is 1. The van der Waals surface area contributed by atoms with Gasteiger partial charge in [-0.3, -0.25) is 4.79 Å². The number of carbonyl (C=O) groups excluding carboxylic acids is 1. The summed E-state index contributed by atoms with van der Waals surface area (Å²) in [5.41, 5.74) is 6.48. The van der Waals surface area contributed by atoms with Gasteiger partial charge in [0.05, 0.1) is 34.9 Å². The van der Waals surface area contributed by atoms with Crippen molar-refractivity contribution in [2.75, 3.05) is 26.4 Å². The van der Waals surface area contributed by atoms with Gasteiger partial charge in [0.15, 0.2) is 0 Å². The number of aromatic carboxylic acids is 1. The van der Waals surface area contributed by atoms with Gasteiger partial charge in [-0.15, -0.1) is 17.9 Å². The van der Waals surface area contributed by atoms with Gasteiger partial charge in [0.25, 0.3) is 0 Å². The first kappa shape index (κ1) is 40.6. The van der Waals surface area contributed by atoms with E-state index in [1.165, 1.54) is 11.3 Å². The van der Waals surface area contributed by atoms with Crippen LogP contribution in [-0.4, -0.2) is 54.1 Å². The first-order valence-corrected chi connectivity index (χ1v) is 20.4. The maximum atomic E-state index is 13.7. The molecule has 0 unspecified atom stereocenters. The summed E-state index contributed by atoms with van der Waals surface area (Å²) in [7, 11) is 0. The van der Waals surface area contributed by atoms with Gasteiger partial charge in [0.2, 0.25) is 0 Å². The number of thiazole rings is 1. The van der Waals surface area contributed by atoms with E-state index in [0.717, 1.165) is 87.3 Å². The number of hydrogen-bond donors (Lipinski definition) is 2. The highest BCUT2D eigenvalue weighted by molar-refractivity contribution is 7.20. The number of benzene rings is 3. The minimum atomic E-state index is -1.05. The van der Waals surface area contributed by atoms with E-state index in [0.29, 0.717) is 71.2 Å². The van der Waals surface area contributed by atoms with Gasteiger partial charge in [0.1, 0.15) is 22.2 Å². The Hall–Kier alpha value is -4.54. The molecule has 0 spiro atoms. The lowest BCUT2D eigenvalue weighted by molar-refractivity contribution is -0.140. The molecule has 0 aliphatic heterocycles. The van der Waals surface area contributed by atoms with Gasteiger partial charge in [-0.1, -0.05) is 63.8 Å². The molecule has 0 saturated heterocycles. The van der Waals surface area contributed by atoms with Crippen molar-refractivity contribution in [3.8, 4) is 22.6 Å². The summed E-state index contributed by atoms with van der Waals surface area (Å²) >= 11 is 1.51. The normalized spacial score (nSPS) is 15.9. The second-order valence-electron chi connectivity index (χ2n) is 14.1. The molecule has 5 rings (SSSR count).